The van der Waals surface area contributed by atoms with Crippen LogP contribution in [0.25, 0.3) is 17.2 Å². The predicted octanol–water partition coefficient (Wildman–Crippen LogP) is 3.93. The van der Waals surface area contributed by atoms with E-state index in [4.69, 9.17) is 9.15 Å². The van der Waals surface area contributed by atoms with Gasteiger partial charge in [0.15, 0.2) is 11.0 Å². The minimum Gasteiger partial charge on any atom is -0.497 e. The van der Waals surface area contributed by atoms with Gasteiger partial charge in [-0.05, 0) is 42.5 Å². The lowest BCUT2D eigenvalue weighted by Gasteiger charge is -2.09. The van der Waals surface area contributed by atoms with E-state index >= 15 is 0 Å². The number of ether oxygens (including phenoxy) is 1. The Morgan fingerprint density at radius 1 is 1.10 bits per heavy atom. The molecule has 0 saturated heterocycles. The van der Waals surface area contributed by atoms with E-state index in [9.17, 15) is 0 Å². The second-order valence-electron chi connectivity index (χ2n) is 6.55. The van der Waals surface area contributed by atoms with Crippen LogP contribution in [0.2, 0.25) is 0 Å². The molecule has 0 saturated carbocycles. The van der Waals surface area contributed by atoms with E-state index in [1.165, 1.54) is 0 Å². The highest BCUT2D eigenvalue weighted by molar-refractivity contribution is 7.98. The number of imidazole rings is 1. The molecule has 5 aromatic rings. The van der Waals surface area contributed by atoms with Crippen molar-refractivity contribution in [1.82, 2.24) is 29.1 Å². The van der Waals surface area contributed by atoms with Crippen molar-refractivity contribution in [2.24, 2.45) is 0 Å². The fourth-order valence-electron chi connectivity index (χ4n) is 3.14. The van der Waals surface area contributed by atoms with Crippen molar-refractivity contribution in [2.45, 2.75) is 17.5 Å². The van der Waals surface area contributed by atoms with Gasteiger partial charge in [0, 0.05) is 29.9 Å². The Hall–Kier alpha value is -3.59. The zero-order valence-electron chi connectivity index (χ0n) is 16.2. The maximum atomic E-state index is 5.56. The third-order valence-electron chi connectivity index (χ3n) is 4.59. The van der Waals surface area contributed by atoms with Crippen LogP contribution in [0.5, 0.6) is 5.75 Å². The third kappa shape index (κ3) is 3.67. The van der Waals surface area contributed by atoms with Crippen LogP contribution in [0, 0.1) is 0 Å². The molecule has 0 aliphatic rings. The topological polar surface area (TPSA) is 83.3 Å². The van der Waals surface area contributed by atoms with Crippen LogP contribution in [-0.4, -0.2) is 36.2 Å². The summed E-state index contributed by atoms with van der Waals surface area (Å²) in [6.07, 6.45) is 7.32. The molecule has 0 bridgehead atoms. The first-order valence-corrected chi connectivity index (χ1v) is 10.3. The lowest BCUT2D eigenvalue weighted by atomic mass is 10.2. The van der Waals surface area contributed by atoms with Crippen molar-refractivity contribution in [3.05, 3.63) is 78.8 Å². The SMILES string of the molecule is COc1ccc(-c2nnc(SCc3cn4cccnc4n3)n2Cc2ccco2)cc1. The Morgan fingerprint density at radius 2 is 2.00 bits per heavy atom. The molecular weight excluding hydrogens is 400 g/mol. The van der Waals surface area contributed by atoms with Crippen LogP contribution in [0.3, 0.4) is 0 Å². The molecule has 0 aliphatic carbocycles. The Labute approximate surface area is 176 Å². The fraction of sp³-hybridized carbons (Fsp3) is 0.143. The van der Waals surface area contributed by atoms with Gasteiger partial charge >= 0.3 is 0 Å². The molecule has 0 atom stereocenters. The second-order valence-corrected chi connectivity index (χ2v) is 7.49. The highest BCUT2D eigenvalue weighted by atomic mass is 32.2. The summed E-state index contributed by atoms with van der Waals surface area (Å²) in [6.45, 7) is 0.538. The highest BCUT2D eigenvalue weighted by Crippen LogP contribution is 2.28. The zero-order valence-corrected chi connectivity index (χ0v) is 17.0. The first kappa shape index (κ1) is 18.4. The molecule has 4 heterocycles. The van der Waals surface area contributed by atoms with Gasteiger partial charge in [-0.3, -0.25) is 8.97 Å². The minimum absolute atomic E-state index is 0.538. The molecule has 4 aromatic heterocycles. The lowest BCUT2D eigenvalue weighted by molar-refractivity contribution is 0.415. The molecule has 0 spiro atoms. The second kappa shape index (κ2) is 8.03. The van der Waals surface area contributed by atoms with Gasteiger partial charge in [0.1, 0.15) is 11.5 Å². The van der Waals surface area contributed by atoms with Crippen LogP contribution in [0.1, 0.15) is 11.5 Å². The van der Waals surface area contributed by atoms with Crippen LogP contribution in [0.15, 0.2) is 76.9 Å². The summed E-state index contributed by atoms with van der Waals surface area (Å²) in [6, 6.07) is 13.5. The standard InChI is InChI=1S/C21H18N6O2S/c1-28-17-7-5-15(6-8-17)19-24-25-21(27(19)13-18-4-2-11-29-18)30-14-16-12-26-10-3-9-22-20(26)23-16/h2-12H,13-14H2,1H3. The molecule has 0 aliphatic heterocycles. The zero-order chi connectivity index (χ0) is 20.3. The van der Waals surface area contributed by atoms with Crippen molar-refractivity contribution in [3.8, 4) is 17.1 Å². The maximum absolute atomic E-state index is 5.56. The number of thioether (sulfide) groups is 1. The van der Waals surface area contributed by atoms with Gasteiger partial charge in [-0.2, -0.15) is 0 Å². The highest BCUT2D eigenvalue weighted by Gasteiger charge is 2.17. The Balaban J connectivity index is 1.45. The summed E-state index contributed by atoms with van der Waals surface area (Å²) < 4.78 is 14.8. The Bertz CT molecular complexity index is 1230. The van der Waals surface area contributed by atoms with E-state index in [0.717, 1.165) is 33.7 Å². The molecular formula is C21H18N6O2S. The first-order valence-electron chi connectivity index (χ1n) is 9.31. The quantitative estimate of drug-likeness (QED) is 0.370. The van der Waals surface area contributed by atoms with E-state index in [1.807, 2.05) is 59.3 Å². The van der Waals surface area contributed by atoms with Crippen molar-refractivity contribution in [1.29, 1.82) is 0 Å². The van der Waals surface area contributed by atoms with Gasteiger partial charge in [-0.1, -0.05) is 11.8 Å². The molecule has 9 heteroatoms. The molecule has 0 N–H and O–H groups in total. The smallest absolute Gasteiger partial charge is 0.233 e. The average molecular weight is 418 g/mol. The third-order valence-corrected chi connectivity index (χ3v) is 5.59. The summed E-state index contributed by atoms with van der Waals surface area (Å²) in [7, 11) is 1.65. The van der Waals surface area contributed by atoms with Gasteiger partial charge in [0.05, 0.1) is 25.6 Å². The van der Waals surface area contributed by atoms with E-state index < -0.39 is 0 Å². The summed E-state index contributed by atoms with van der Waals surface area (Å²) in [5.74, 6) is 3.74. The summed E-state index contributed by atoms with van der Waals surface area (Å²) >= 11 is 1.58. The number of furan rings is 1. The van der Waals surface area contributed by atoms with Crippen molar-refractivity contribution in [3.63, 3.8) is 0 Å². The molecule has 0 unspecified atom stereocenters. The molecule has 0 radical (unpaired) electrons. The lowest BCUT2D eigenvalue weighted by Crippen LogP contribution is -2.03. The van der Waals surface area contributed by atoms with Gasteiger partial charge in [0.2, 0.25) is 5.78 Å². The largest absolute Gasteiger partial charge is 0.497 e. The average Bonchev–Trinajstić information content (AvgIpc) is 3.52. The van der Waals surface area contributed by atoms with Crippen molar-refractivity contribution in [2.75, 3.05) is 7.11 Å². The molecule has 8 nitrogen and oxygen atoms in total. The maximum Gasteiger partial charge on any atom is 0.233 e. The number of hydrogen-bond donors (Lipinski definition) is 0. The van der Waals surface area contributed by atoms with Crippen LogP contribution < -0.4 is 4.74 Å². The van der Waals surface area contributed by atoms with Crippen molar-refractivity contribution >= 4 is 17.5 Å². The fourth-order valence-corrected chi connectivity index (χ4v) is 3.96. The van der Waals surface area contributed by atoms with Crippen molar-refractivity contribution < 1.29 is 9.15 Å². The molecule has 5 rings (SSSR count). The van der Waals surface area contributed by atoms with E-state index in [-0.39, 0.29) is 0 Å². The predicted molar refractivity (Wildman–Crippen MR) is 112 cm³/mol. The number of aromatic nitrogens is 6. The van der Waals surface area contributed by atoms with Crippen LogP contribution in [-0.2, 0) is 12.3 Å². The van der Waals surface area contributed by atoms with Gasteiger partial charge < -0.3 is 9.15 Å². The van der Waals surface area contributed by atoms with Gasteiger partial charge in [-0.25, -0.2) is 9.97 Å². The van der Waals surface area contributed by atoms with Gasteiger partial charge in [0.25, 0.3) is 0 Å². The molecule has 1 aromatic carbocycles. The number of nitrogens with zero attached hydrogens (tertiary/aromatic N) is 6. The van der Waals surface area contributed by atoms with Crippen LogP contribution in [0.4, 0.5) is 0 Å². The Kier molecular flexibility index (Phi) is 4.94. The number of benzene rings is 1. The summed E-state index contributed by atoms with van der Waals surface area (Å²) in [5.41, 5.74) is 1.89. The number of fused-ring (bicyclic) bond motifs is 1. The number of rotatable bonds is 7. The van der Waals surface area contributed by atoms with Crippen LogP contribution >= 0.6 is 11.8 Å². The van der Waals surface area contributed by atoms with E-state index in [2.05, 4.69) is 24.7 Å². The molecule has 150 valence electrons. The number of hydrogen-bond acceptors (Lipinski definition) is 7. The number of methoxy groups -OCH3 is 1. The molecule has 0 fully saturated rings. The Morgan fingerprint density at radius 3 is 2.77 bits per heavy atom. The van der Waals surface area contributed by atoms with E-state index in [1.54, 1.807) is 31.3 Å². The summed E-state index contributed by atoms with van der Waals surface area (Å²) in [5, 5.41) is 9.68. The molecule has 0 amide bonds. The normalized spacial score (nSPS) is 11.2. The monoisotopic (exact) mass is 418 g/mol. The van der Waals surface area contributed by atoms with Gasteiger partial charge in [-0.15, -0.1) is 10.2 Å². The minimum atomic E-state index is 0.538. The summed E-state index contributed by atoms with van der Waals surface area (Å²) in [4.78, 5) is 8.83. The van der Waals surface area contributed by atoms with E-state index in [0.29, 0.717) is 18.1 Å². The first-order chi connectivity index (χ1) is 14.8. The molecule has 30 heavy (non-hydrogen) atoms.